The van der Waals surface area contributed by atoms with Crippen molar-refractivity contribution in [3.05, 3.63) is 80.1 Å². The number of benzene rings is 2. The van der Waals surface area contributed by atoms with E-state index in [9.17, 15) is 29.4 Å². The van der Waals surface area contributed by atoms with Crippen molar-refractivity contribution >= 4 is 23.1 Å². The van der Waals surface area contributed by atoms with Gasteiger partial charge in [0.15, 0.2) is 17.3 Å². The molecule has 0 amide bonds. The average Bonchev–Trinajstić information content (AvgIpc) is 2.69. The number of carbonyl (C=O) groups is 4. The summed E-state index contributed by atoms with van der Waals surface area (Å²) < 4.78 is 5.21. The van der Waals surface area contributed by atoms with Gasteiger partial charge in [0.05, 0.1) is 23.8 Å². The predicted octanol–water partition coefficient (Wildman–Crippen LogP) is 3.39. The molecule has 2 aliphatic carbocycles. The van der Waals surface area contributed by atoms with Crippen LogP contribution in [0.2, 0.25) is 0 Å². The zero-order valence-electron chi connectivity index (χ0n) is 17.2. The summed E-state index contributed by atoms with van der Waals surface area (Å²) in [6.07, 6.45) is 0. The number of rotatable bonds is 2. The first kappa shape index (κ1) is 20.3. The molecule has 2 aromatic carbocycles. The van der Waals surface area contributed by atoms with Crippen molar-refractivity contribution in [2.75, 3.05) is 7.11 Å². The molecule has 0 bridgehead atoms. The monoisotopic (exact) mass is 418 g/mol. The van der Waals surface area contributed by atoms with Crippen LogP contribution < -0.4 is 0 Å². The Hall–Kier alpha value is -4.00. The minimum absolute atomic E-state index is 0.0248. The Morgan fingerprint density at radius 2 is 1.10 bits per heavy atom. The molecular weight excluding hydrogens is 400 g/mol. The molecule has 0 atom stereocenters. The van der Waals surface area contributed by atoms with Gasteiger partial charge in [-0.1, -0.05) is 0 Å². The minimum atomic E-state index is -0.811. The average molecular weight is 418 g/mol. The number of Topliss-reactive ketones (excluding diaryl/α,β-unsaturated/α-hetero) is 4. The largest absolute Gasteiger partial charge is 0.507 e. The lowest BCUT2D eigenvalue weighted by Gasteiger charge is -2.26. The second-order valence-corrected chi connectivity index (χ2v) is 7.64. The topological polar surface area (TPSA) is 118 Å². The van der Waals surface area contributed by atoms with Crippen molar-refractivity contribution in [2.24, 2.45) is 0 Å². The Labute approximate surface area is 177 Å². The van der Waals surface area contributed by atoms with E-state index in [1.54, 1.807) is 13.8 Å². The van der Waals surface area contributed by atoms with Crippen LogP contribution in [0.25, 0.3) is 0 Å². The highest BCUT2D eigenvalue weighted by molar-refractivity contribution is 6.37. The Balaban J connectivity index is 2.04. The molecule has 0 saturated heterocycles. The molecule has 0 heterocycles. The highest BCUT2D eigenvalue weighted by atomic mass is 16.5. The first-order valence-corrected chi connectivity index (χ1v) is 9.44. The van der Waals surface area contributed by atoms with Crippen molar-refractivity contribution in [3.63, 3.8) is 0 Å². The highest BCUT2D eigenvalue weighted by Gasteiger charge is 2.43. The van der Waals surface area contributed by atoms with Gasteiger partial charge in [0, 0.05) is 22.3 Å². The number of fused-ring (bicyclic) bond motifs is 2. The number of ketones is 4. The van der Waals surface area contributed by atoms with Crippen LogP contribution in [0, 0.1) is 13.8 Å². The van der Waals surface area contributed by atoms with Crippen LogP contribution in [0.4, 0.5) is 0 Å². The fourth-order valence-corrected chi connectivity index (χ4v) is 4.17. The zero-order valence-corrected chi connectivity index (χ0v) is 17.2. The minimum Gasteiger partial charge on any atom is -0.507 e. The van der Waals surface area contributed by atoms with Gasteiger partial charge in [0.1, 0.15) is 11.5 Å². The van der Waals surface area contributed by atoms with Gasteiger partial charge < -0.3 is 14.9 Å². The third-order valence-corrected chi connectivity index (χ3v) is 5.52. The van der Waals surface area contributed by atoms with Crippen LogP contribution in [0.5, 0.6) is 11.5 Å². The summed E-state index contributed by atoms with van der Waals surface area (Å²) in [6, 6.07) is 5.60. The Kier molecular flexibility index (Phi) is 4.43. The third kappa shape index (κ3) is 2.73. The molecule has 0 aromatic heterocycles. The summed E-state index contributed by atoms with van der Waals surface area (Å²) in [5, 5.41) is 20.7. The lowest BCUT2D eigenvalue weighted by Crippen LogP contribution is -2.30. The number of phenolic OH excluding ortho intramolecular Hbond substituents is 2. The standard InChI is InChI=1S/C24H18O7/c1-9-5-12-17(14(25)7-9)22(29)16(11(3)20(12)27)19-23(30)18-13(21(28)24(19)31-4)6-10(2)8-15(18)26/h5-8,25-26H,1-4H3. The third-order valence-electron chi connectivity index (χ3n) is 5.52. The van der Waals surface area contributed by atoms with Crippen molar-refractivity contribution in [3.8, 4) is 11.5 Å². The Morgan fingerprint density at radius 1 is 0.645 bits per heavy atom. The summed E-state index contributed by atoms with van der Waals surface area (Å²) in [5.41, 5.74) is -0.148. The fraction of sp³-hybridized carbons (Fsp3) is 0.167. The molecule has 156 valence electrons. The maximum atomic E-state index is 13.4. The number of ether oxygens (including phenoxy) is 1. The van der Waals surface area contributed by atoms with E-state index in [0.717, 1.165) is 0 Å². The van der Waals surface area contributed by atoms with Gasteiger partial charge in [0.2, 0.25) is 11.6 Å². The van der Waals surface area contributed by atoms with Gasteiger partial charge in [-0.2, -0.15) is 0 Å². The van der Waals surface area contributed by atoms with E-state index in [0.29, 0.717) is 11.1 Å². The maximum absolute atomic E-state index is 13.4. The smallest absolute Gasteiger partial charge is 0.229 e. The summed E-state index contributed by atoms with van der Waals surface area (Å²) in [6.45, 7) is 4.70. The number of methoxy groups -OCH3 is 1. The van der Waals surface area contributed by atoms with Gasteiger partial charge in [-0.05, 0) is 56.2 Å². The van der Waals surface area contributed by atoms with Crippen LogP contribution >= 0.6 is 0 Å². The molecule has 0 spiro atoms. The summed E-state index contributed by atoms with van der Waals surface area (Å²) in [4.78, 5) is 52.9. The molecule has 2 aromatic rings. The quantitative estimate of drug-likeness (QED) is 0.767. The van der Waals surface area contributed by atoms with E-state index in [1.165, 1.54) is 38.3 Å². The number of phenols is 2. The Bertz CT molecular complexity index is 1320. The van der Waals surface area contributed by atoms with Crippen LogP contribution in [-0.4, -0.2) is 40.5 Å². The number of hydrogen-bond acceptors (Lipinski definition) is 7. The van der Waals surface area contributed by atoms with E-state index >= 15 is 0 Å². The van der Waals surface area contributed by atoms with Gasteiger partial charge in [0.25, 0.3) is 0 Å². The fourth-order valence-electron chi connectivity index (χ4n) is 4.17. The highest BCUT2D eigenvalue weighted by Crippen LogP contribution is 2.41. The SMILES string of the molecule is COC1=C(C2=C(C)C(=O)c3cc(C)cc(O)c3C2=O)C(=O)c2c(O)cc(C)cc2C1=O. The summed E-state index contributed by atoms with van der Waals surface area (Å²) >= 11 is 0. The van der Waals surface area contributed by atoms with Gasteiger partial charge in [-0.15, -0.1) is 0 Å². The zero-order chi connectivity index (χ0) is 22.8. The van der Waals surface area contributed by atoms with Gasteiger partial charge in [-0.25, -0.2) is 0 Å². The van der Waals surface area contributed by atoms with Crippen molar-refractivity contribution in [1.82, 2.24) is 0 Å². The molecule has 0 fully saturated rings. The number of aryl methyl sites for hydroxylation is 2. The van der Waals surface area contributed by atoms with Crippen LogP contribution in [0.15, 0.2) is 46.7 Å². The van der Waals surface area contributed by atoms with Crippen molar-refractivity contribution in [2.45, 2.75) is 20.8 Å². The lowest BCUT2D eigenvalue weighted by molar-refractivity contribution is 0.0898. The molecule has 2 N–H and O–H groups in total. The number of hydrogen-bond donors (Lipinski definition) is 2. The normalized spacial score (nSPS) is 16.0. The first-order valence-electron chi connectivity index (χ1n) is 9.44. The van der Waals surface area contributed by atoms with Crippen molar-refractivity contribution in [1.29, 1.82) is 0 Å². The van der Waals surface area contributed by atoms with E-state index in [-0.39, 0.29) is 33.4 Å². The number of allylic oxidation sites excluding steroid dienone is 4. The van der Waals surface area contributed by atoms with E-state index in [1.807, 2.05) is 0 Å². The number of aromatic hydroxyl groups is 2. The first-order chi connectivity index (χ1) is 14.6. The molecule has 31 heavy (non-hydrogen) atoms. The molecule has 2 aliphatic rings. The van der Waals surface area contributed by atoms with E-state index < -0.39 is 46.0 Å². The lowest BCUT2D eigenvalue weighted by atomic mass is 9.75. The van der Waals surface area contributed by atoms with E-state index in [4.69, 9.17) is 4.74 Å². The molecule has 0 aliphatic heterocycles. The van der Waals surface area contributed by atoms with Gasteiger partial charge >= 0.3 is 0 Å². The van der Waals surface area contributed by atoms with Gasteiger partial charge in [-0.3, -0.25) is 19.2 Å². The molecule has 0 unspecified atom stereocenters. The summed E-state index contributed by atoms with van der Waals surface area (Å²) in [5.74, 6) is -4.02. The second kappa shape index (κ2) is 6.77. The Morgan fingerprint density at radius 3 is 1.58 bits per heavy atom. The van der Waals surface area contributed by atoms with E-state index in [2.05, 4.69) is 0 Å². The molecule has 7 heteroatoms. The molecule has 4 rings (SSSR count). The predicted molar refractivity (Wildman–Crippen MR) is 110 cm³/mol. The maximum Gasteiger partial charge on any atom is 0.229 e. The van der Waals surface area contributed by atoms with Crippen LogP contribution in [-0.2, 0) is 4.74 Å². The second-order valence-electron chi connectivity index (χ2n) is 7.64. The molecule has 0 radical (unpaired) electrons. The molecule has 0 saturated carbocycles. The number of carbonyl (C=O) groups excluding carboxylic acids is 4. The van der Waals surface area contributed by atoms with Crippen LogP contribution in [0.3, 0.4) is 0 Å². The molecule has 7 nitrogen and oxygen atoms in total. The van der Waals surface area contributed by atoms with Crippen LogP contribution in [0.1, 0.15) is 59.5 Å². The van der Waals surface area contributed by atoms with Crippen molar-refractivity contribution < 1.29 is 34.1 Å². The molecular formula is C24H18O7. The summed E-state index contributed by atoms with van der Waals surface area (Å²) in [7, 11) is 1.18.